The zero-order valence-corrected chi connectivity index (χ0v) is 11.8. The van der Waals surface area contributed by atoms with E-state index in [2.05, 4.69) is 6.92 Å². The number of carboxylic acids is 1. The van der Waals surface area contributed by atoms with Gasteiger partial charge in [0, 0.05) is 11.7 Å². The first-order valence-corrected chi connectivity index (χ1v) is 7.13. The van der Waals surface area contributed by atoms with Crippen molar-refractivity contribution in [3.8, 4) is 0 Å². The Morgan fingerprint density at radius 3 is 2.42 bits per heavy atom. The van der Waals surface area contributed by atoms with Gasteiger partial charge in [-0.15, -0.1) is 0 Å². The van der Waals surface area contributed by atoms with Crippen LogP contribution in [0.1, 0.15) is 38.2 Å². The van der Waals surface area contributed by atoms with Crippen LogP contribution in [0.3, 0.4) is 0 Å². The maximum absolute atomic E-state index is 11.1. The Labute approximate surface area is 115 Å². The first kappa shape index (κ1) is 13.9. The van der Waals surface area contributed by atoms with Crippen molar-refractivity contribution in [2.75, 3.05) is 11.4 Å². The van der Waals surface area contributed by atoms with Gasteiger partial charge >= 0.3 is 5.97 Å². The molecular weight excluding hydrogens is 238 g/mol. The van der Waals surface area contributed by atoms with Crippen LogP contribution in [-0.4, -0.2) is 23.7 Å². The molecule has 3 heteroatoms. The van der Waals surface area contributed by atoms with E-state index in [1.807, 2.05) is 36.1 Å². The molecule has 0 bridgehead atoms. The smallest absolute Gasteiger partial charge is 0.323 e. The quantitative estimate of drug-likeness (QED) is 0.882. The fourth-order valence-corrected chi connectivity index (χ4v) is 3.05. The van der Waals surface area contributed by atoms with Gasteiger partial charge in [0.15, 0.2) is 0 Å². The molecule has 0 aromatic heterocycles. The molecule has 0 amide bonds. The minimum absolute atomic E-state index is 0.0841. The molecule has 0 saturated heterocycles. The number of anilines is 1. The lowest BCUT2D eigenvalue weighted by Gasteiger charge is -2.34. The molecular formula is C16H23NO2. The van der Waals surface area contributed by atoms with Crippen LogP contribution in [0.25, 0.3) is 0 Å². The number of aliphatic carboxylic acids is 1. The number of carboxylic acid groups (broad SMARTS) is 1. The Morgan fingerprint density at radius 1 is 1.32 bits per heavy atom. The highest BCUT2D eigenvalue weighted by Gasteiger charge is 2.27. The Bertz CT molecular complexity index is 421. The maximum Gasteiger partial charge on any atom is 0.323 e. The number of carbonyl (C=O) groups is 1. The lowest BCUT2D eigenvalue weighted by molar-refractivity contribution is -0.135. The van der Waals surface area contributed by atoms with Gasteiger partial charge in [-0.1, -0.05) is 30.5 Å². The molecule has 1 aromatic carbocycles. The molecule has 19 heavy (non-hydrogen) atoms. The van der Waals surface area contributed by atoms with E-state index in [4.69, 9.17) is 5.11 Å². The second-order valence-corrected chi connectivity index (χ2v) is 5.64. The van der Waals surface area contributed by atoms with E-state index in [0.29, 0.717) is 12.0 Å². The summed E-state index contributed by atoms with van der Waals surface area (Å²) in [6, 6.07) is 8.45. The summed E-state index contributed by atoms with van der Waals surface area (Å²) in [6.45, 7) is 4.30. The molecule has 104 valence electrons. The number of hydrogen-bond acceptors (Lipinski definition) is 2. The molecule has 0 radical (unpaired) electrons. The third kappa shape index (κ3) is 3.49. The third-order valence-corrected chi connectivity index (χ3v) is 4.24. The van der Waals surface area contributed by atoms with E-state index in [9.17, 15) is 4.79 Å². The van der Waals surface area contributed by atoms with Gasteiger partial charge in [-0.05, 0) is 44.7 Å². The van der Waals surface area contributed by atoms with Crippen LogP contribution in [0.15, 0.2) is 24.3 Å². The van der Waals surface area contributed by atoms with Gasteiger partial charge in [-0.3, -0.25) is 4.79 Å². The van der Waals surface area contributed by atoms with Crippen molar-refractivity contribution in [1.82, 2.24) is 0 Å². The van der Waals surface area contributed by atoms with Gasteiger partial charge in [0.1, 0.15) is 6.54 Å². The SMILES string of the molecule is Cc1ccc(N(CC(=O)O)C(C)C2CCCC2)cc1. The number of hydrogen-bond donors (Lipinski definition) is 1. The van der Waals surface area contributed by atoms with Crippen LogP contribution in [0.4, 0.5) is 5.69 Å². The number of benzene rings is 1. The molecule has 2 rings (SSSR count). The largest absolute Gasteiger partial charge is 0.480 e. The van der Waals surface area contributed by atoms with E-state index in [1.165, 1.54) is 31.2 Å². The predicted octanol–water partition coefficient (Wildman–Crippen LogP) is 3.46. The molecule has 1 atom stereocenters. The van der Waals surface area contributed by atoms with Crippen LogP contribution in [0.5, 0.6) is 0 Å². The monoisotopic (exact) mass is 261 g/mol. The number of nitrogens with zero attached hydrogens (tertiary/aromatic N) is 1. The van der Waals surface area contributed by atoms with Crippen molar-refractivity contribution in [3.63, 3.8) is 0 Å². The summed E-state index contributed by atoms with van der Waals surface area (Å²) in [5.74, 6) is -0.133. The Hall–Kier alpha value is -1.51. The standard InChI is InChI=1S/C16H23NO2/c1-12-7-9-15(10-8-12)17(11-16(18)19)13(2)14-5-3-4-6-14/h7-10,13-14H,3-6,11H2,1-2H3,(H,18,19). The van der Waals surface area contributed by atoms with Crippen LogP contribution in [0.2, 0.25) is 0 Å². The van der Waals surface area contributed by atoms with Crippen molar-refractivity contribution >= 4 is 11.7 Å². The molecule has 1 aliphatic rings. The lowest BCUT2D eigenvalue weighted by atomic mass is 9.97. The summed E-state index contributed by atoms with van der Waals surface area (Å²) in [5.41, 5.74) is 2.22. The van der Waals surface area contributed by atoms with Crippen molar-refractivity contribution in [2.45, 2.75) is 45.6 Å². The summed E-state index contributed by atoms with van der Waals surface area (Å²) in [6.07, 6.45) is 5.01. The average molecular weight is 261 g/mol. The first-order valence-electron chi connectivity index (χ1n) is 7.13. The van der Waals surface area contributed by atoms with Crippen molar-refractivity contribution in [2.24, 2.45) is 5.92 Å². The Morgan fingerprint density at radius 2 is 1.89 bits per heavy atom. The highest BCUT2D eigenvalue weighted by Crippen LogP contribution is 2.32. The third-order valence-electron chi connectivity index (χ3n) is 4.24. The van der Waals surface area contributed by atoms with Gasteiger partial charge < -0.3 is 10.0 Å². The zero-order valence-electron chi connectivity index (χ0n) is 11.8. The second-order valence-electron chi connectivity index (χ2n) is 5.64. The van der Waals surface area contributed by atoms with E-state index in [-0.39, 0.29) is 6.54 Å². The van der Waals surface area contributed by atoms with Crippen molar-refractivity contribution < 1.29 is 9.90 Å². The minimum atomic E-state index is -0.759. The molecule has 0 aliphatic heterocycles. The van der Waals surface area contributed by atoms with E-state index in [0.717, 1.165) is 5.69 Å². The normalized spacial score (nSPS) is 17.4. The Kier molecular flexibility index (Phi) is 4.46. The summed E-state index contributed by atoms with van der Waals surface area (Å²) >= 11 is 0. The average Bonchev–Trinajstić information content (AvgIpc) is 2.90. The fourth-order valence-electron chi connectivity index (χ4n) is 3.05. The highest BCUT2D eigenvalue weighted by molar-refractivity contribution is 5.74. The van der Waals surface area contributed by atoms with Gasteiger partial charge in [0.05, 0.1) is 0 Å². The molecule has 1 fully saturated rings. The zero-order chi connectivity index (χ0) is 13.8. The highest BCUT2D eigenvalue weighted by atomic mass is 16.4. The van der Waals surface area contributed by atoms with Crippen molar-refractivity contribution in [3.05, 3.63) is 29.8 Å². The predicted molar refractivity (Wildman–Crippen MR) is 77.6 cm³/mol. The van der Waals surface area contributed by atoms with Crippen molar-refractivity contribution in [1.29, 1.82) is 0 Å². The van der Waals surface area contributed by atoms with E-state index < -0.39 is 5.97 Å². The molecule has 1 aliphatic carbocycles. The molecule has 1 N–H and O–H groups in total. The fraction of sp³-hybridized carbons (Fsp3) is 0.562. The lowest BCUT2D eigenvalue weighted by Crippen LogP contribution is -2.41. The van der Waals surface area contributed by atoms with Gasteiger partial charge in [0.2, 0.25) is 0 Å². The van der Waals surface area contributed by atoms with Crippen LogP contribution in [-0.2, 0) is 4.79 Å². The van der Waals surface area contributed by atoms with Crippen LogP contribution < -0.4 is 4.90 Å². The second kappa shape index (κ2) is 6.09. The molecule has 0 heterocycles. The molecule has 1 unspecified atom stereocenters. The Balaban J connectivity index is 2.18. The van der Waals surface area contributed by atoms with Gasteiger partial charge in [-0.25, -0.2) is 0 Å². The first-order chi connectivity index (χ1) is 9.08. The number of aryl methyl sites for hydroxylation is 1. The summed E-state index contributed by atoms with van der Waals surface area (Å²) < 4.78 is 0. The van der Waals surface area contributed by atoms with E-state index >= 15 is 0 Å². The molecule has 1 aromatic rings. The topological polar surface area (TPSA) is 40.5 Å². The molecule has 1 saturated carbocycles. The van der Waals surface area contributed by atoms with Crippen LogP contribution >= 0.6 is 0 Å². The summed E-state index contributed by atoms with van der Waals surface area (Å²) in [5, 5.41) is 9.15. The van der Waals surface area contributed by atoms with Gasteiger partial charge in [0.25, 0.3) is 0 Å². The van der Waals surface area contributed by atoms with Gasteiger partial charge in [-0.2, -0.15) is 0 Å². The molecule has 3 nitrogen and oxygen atoms in total. The van der Waals surface area contributed by atoms with Crippen LogP contribution in [0, 0.1) is 12.8 Å². The summed E-state index contributed by atoms with van der Waals surface area (Å²) in [7, 11) is 0. The number of rotatable bonds is 5. The maximum atomic E-state index is 11.1. The minimum Gasteiger partial charge on any atom is -0.480 e. The molecule has 0 spiro atoms. The summed E-state index contributed by atoms with van der Waals surface area (Å²) in [4.78, 5) is 13.2. The van der Waals surface area contributed by atoms with E-state index in [1.54, 1.807) is 0 Å².